The lowest BCUT2D eigenvalue weighted by Gasteiger charge is -2.09. The van der Waals surface area contributed by atoms with Gasteiger partial charge < -0.3 is 4.57 Å². The van der Waals surface area contributed by atoms with Crippen molar-refractivity contribution in [3.05, 3.63) is 35.7 Å². The molecule has 4 heteroatoms. The summed E-state index contributed by atoms with van der Waals surface area (Å²) in [6.45, 7) is 6.62. The van der Waals surface area contributed by atoms with Crippen molar-refractivity contribution in [2.45, 2.75) is 39.0 Å². The lowest BCUT2D eigenvalue weighted by Crippen LogP contribution is -2.04. The molecule has 0 aliphatic heterocycles. The molecule has 0 aromatic carbocycles. The van der Waals surface area contributed by atoms with E-state index in [2.05, 4.69) is 41.5 Å². The van der Waals surface area contributed by atoms with Crippen LogP contribution < -0.4 is 0 Å². The first-order valence-corrected chi connectivity index (χ1v) is 6.48. The molecule has 2 rings (SSSR count). The highest BCUT2D eigenvalue weighted by Crippen LogP contribution is 2.21. The van der Waals surface area contributed by atoms with Crippen LogP contribution >= 0.6 is 0 Å². The van der Waals surface area contributed by atoms with Crippen LogP contribution in [0, 0.1) is 0 Å². The smallest absolute Gasteiger partial charge is 0.0945 e. The van der Waals surface area contributed by atoms with Gasteiger partial charge in [-0.3, -0.25) is 4.68 Å². The van der Waals surface area contributed by atoms with Crippen molar-refractivity contribution >= 4 is 0 Å². The van der Waals surface area contributed by atoms with Crippen LogP contribution in [0.5, 0.6) is 0 Å². The van der Waals surface area contributed by atoms with Crippen molar-refractivity contribution in [1.29, 1.82) is 0 Å². The van der Waals surface area contributed by atoms with E-state index in [4.69, 9.17) is 0 Å². The molecule has 98 valence electrons. The van der Waals surface area contributed by atoms with E-state index in [1.165, 1.54) is 11.4 Å². The first kappa shape index (κ1) is 12.9. The molecule has 2 aromatic rings. The van der Waals surface area contributed by atoms with Crippen LogP contribution in [0.1, 0.15) is 49.7 Å². The highest BCUT2D eigenvalue weighted by Gasteiger charge is 2.14. The maximum absolute atomic E-state index is 4.60. The van der Waals surface area contributed by atoms with Crippen molar-refractivity contribution in [3.8, 4) is 0 Å². The van der Waals surface area contributed by atoms with Gasteiger partial charge in [-0.1, -0.05) is 20.8 Å². The minimum atomic E-state index is 0.437. The average Bonchev–Trinajstić information content (AvgIpc) is 2.84. The van der Waals surface area contributed by atoms with Gasteiger partial charge in [0.15, 0.2) is 0 Å². The van der Waals surface area contributed by atoms with Gasteiger partial charge in [0.1, 0.15) is 0 Å². The molecule has 0 aliphatic rings. The molecule has 0 fully saturated rings. The molecule has 0 spiro atoms. The fraction of sp³-hybridized carbons (Fsp3) is 0.571. The molecule has 0 radical (unpaired) electrons. The zero-order valence-electron chi connectivity index (χ0n) is 11.9. The lowest BCUT2D eigenvalue weighted by atomic mass is 10.0. The van der Waals surface area contributed by atoms with Crippen molar-refractivity contribution in [2.24, 2.45) is 14.1 Å². The normalized spacial score (nSPS) is 13.2. The molecule has 0 aliphatic carbocycles. The van der Waals surface area contributed by atoms with Gasteiger partial charge in [0.05, 0.1) is 12.0 Å². The molecule has 2 heterocycles. The molecular formula is C14H22N4. The Hall–Kier alpha value is -1.58. The van der Waals surface area contributed by atoms with Crippen molar-refractivity contribution in [1.82, 2.24) is 19.3 Å². The summed E-state index contributed by atoms with van der Waals surface area (Å²) in [6.07, 6.45) is 4.75. The summed E-state index contributed by atoms with van der Waals surface area (Å²) in [5.41, 5.74) is 3.71. The number of aryl methyl sites for hydroxylation is 2. The van der Waals surface area contributed by atoms with Crippen LogP contribution in [-0.2, 0) is 20.5 Å². The van der Waals surface area contributed by atoms with E-state index < -0.39 is 0 Å². The maximum Gasteiger partial charge on any atom is 0.0945 e. The lowest BCUT2D eigenvalue weighted by molar-refractivity contribution is 0.637. The Morgan fingerprint density at radius 2 is 1.89 bits per heavy atom. The Morgan fingerprint density at radius 3 is 2.39 bits per heavy atom. The molecule has 0 N–H and O–H groups in total. The van der Waals surface area contributed by atoms with Gasteiger partial charge in [0.25, 0.3) is 0 Å². The molecule has 0 saturated heterocycles. The third-order valence-corrected chi connectivity index (χ3v) is 3.43. The topological polar surface area (TPSA) is 35.6 Å². The van der Waals surface area contributed by atoms with E-state index in [9.17, 15) is 0 Å². The second-order valence-corrected chi connectivity index (χ2v) is 5.37. The van der Waals surface area contributed by atoms with Crippen LogP contribution in [-0.4, -0.2) is 19.3 Å². The quantitative estimate of drug-likeness (QED) is 0.831. The summed E-state index contributed by atoms with van der Waals surface area (Å²) < 4.78 is 4.08. The predicted octanol–water partition coefficient (Wildman–Crippen LogP) is 2.62. The van der Waals surface area contributed by atoms with Gasteiger partial charge in [0.2, 0.25) is 0 Å². The van der Waals surface area contributed by atoms with E-state index in [1.54, 1.807) is 0 Å². The van der Waals surface area contributed by atoms with Crippen LogP contribution in [0.3, 0.4) is 0 Å². The third-order valence-electron chi connectivity index (χ3n) is 3.43. The summed E-state index contributed by atoms with van der Waals surface area (Å²) in [6, 6.07) is 2.22. The monoisotopic (exact) mass is 246 g/mol. The maximum atomic E-state index is 4.60. The van der Waals surface area contributed by atoms with E-state index >= 15 is 0 Å². The molecule has 0 saturated carbocycles. The van der Waals surface area contributed by atoms with E-state index in [1.807, 2.05) is 31.3 Å². The standard InChI is InChI=1S/C14H22N4/c1-10(2)13-7-12(16-18(13)5)6-11(3)14-8-15-9-17(14)4/h7-11H,6H2,1-5H3. The first-order chi connectivity index (χ1) is 8.49. The van der Waals surface area contributed by atoms with E-state index in [0.29, 0.717) is 11.8 Å². The van der Waals surface area contributed by atoms with Crippen molar-refractivity contribution in [3.63, 3.8) is 0 Å². The number of aromatic nitrogens is 4. The average molecular weight is 246 g/mol. The van der Waals surface area contributed by atoms with Crippen LogP contribution in [0.25, 0.3) is 0 Å². The number of rotatable bonds is 4. The zero-order chi connectivity index (χ0) is 13.3. The third kappa shape index (κ3) is 2.47. The second kappa shape index (κ2) is 4.96. The molecule has 1 atom stereocenters. The van der Waals surface area contributed by atoms with Crippen molar-refractivity contribution in [2.75, 3.05) is 0 Å². The van der Waals surface area contributed by atoms with Gasteiger partial charge in [-0.25, -0.2) is 4.98 Å². The summed E-state index contributed by atoms with van der Waals surface area (Å²) in [5, 5.41) is 4.60. The van der Waals surface area contributed by atoms with Gasteiger partial charge in [-0.05, 0) is 18.4 Å². The number of nitrogens with zero attached hydrogens (tertiary/aromatic N) is 4. The largest absolute Gasteiger partial charge is 0.337 e. The van der Waals surface area contributed by atoms with Crippen molar-refractivity contribution < 1.29 is 0 Å². The Morgan fingerprint density at radius 1 is 1.17 bits per heavy atom. The van der Waals surface area contributed by atoms with Crippen LogP contribution in [0.4, 0.5) is 0 Å². The van der Waals surface area contributed by atoms with Crippen LogP contribution in [0.15, 0.2) is 18.6 Å². The predicted molar refractivity (Wildman–Crippen MR) is 72.6 cm³/mol. The number of imidazole rings is 1. The minimum Gasteiger partial charge on any atom is -0.337 e. The molecule has 2 aromatic heterocycles. The summed E-state index contributed by atoms with van der Waals surface area (Å²) in [7, 11) is 4.06. The molecular weight excluding hydrogens is 224 g/mol. The number of hydrogen-bond acceptors (Lipinski definition) is 2. The molecule has 1 unspecified atom stereocenters. The highest BCUT2D eigenvalue weighted by atomic mass is 15.3. The minimum absolute atomic E-state index is 0.437. The van der Waals surface area contributed by atoms with Gasteiger partial charge in [0, 0.05) is 37.6 Å². The first-order valence-electron chi connectivity index (χ1n) is 6.48. The SMILES string of the molecule is CC(C)c1cc(CC(C)c2cncn2C)nn1C. The zero-order valence-corrected chi connectivity index (χ0v) is 11.9. The van der Waals surface area contributed by atoms with Gasteiger partial charge >= 0.3 is 0 Å². The van der Waals surface area contributed by atoms with E-state index in [-0.39, 0.29) is 0 Å². The summed E-state index contributed by atoms with van der Waals surface area (Å²) in [4.78, 5) is 4.17. The molecule has 0 bridgehead atoms. The Bertz CT molecular complexity index is 522. The fourth-order valence-corrected chi connectivity index (χ4v) is 2.44. The summed E-state index contributed by atoms with van der Waals surface area (Å²) in [5.74, 6) is 0.954. The van der Waals surface area contributed by atoms with E-state index in [0.717, 1.165) is 12.1 Å². The van der Waals surface area contributed by atoms with Crippen LogP contribution in [0.2, 0.25) is 0 Å². The second-order valence-electron chi connectivity index (χ2n) is 5.37. The summed E-state index contributed by atoms with van der Waals surface area (Å²) >= 11 is 0. The molecule has 18 heavy (non-hydrogen) atoms. The van der Waals surface area contributed by atoms with Gasteiger partial charge in [-0.15, -0.1) is 0 Å². The Kier molecular flexibility index (Phi) is 3.55. The highest BCUT2D eigenvalue weighted by molar-refractivity contribution is 5.17. The fourth-order valence-electron chi connectivity index (χ4n) is 2.44. The number of hydrogen-bond donors (Lipinski definition) is 0. The van der Waals surface area contributed by atoms with Gasteiger partial charge in [-0.2, -0.15) is 5.10 Å². The Labute approximate surface area is 109 Å². The molecule has 0 amide bonds. The Balaban J connectivity index is 2.15. The molecule has 4 nitrogen and oxygen atoms in total.